The van der Waals surface area contributed by atoms with Gasteiger partial charge in [-0.15, -0.1) is 0 Å². The molecule has 0 heterocycles. The zero-order valence-electron chi connectivity index (χ0n) is 8.03. The Morgan fingerprint density at radius 1 is 1.64 bits per heavy atom. The smallest absolute Gasteiger partial charge is 0.138 e. The summed E-state index contributed by atoms with van der Waals surface area (Å²) in [6.07, 6.45) is 1.61. The number of aliphatic hydroxyl groups is 1. The van der Waals surface area contributed by atoms with Crippen molar-refractivity contribution in [3.05, 3.63) is 41.4 Å². The van der Waals surface area contributed by atoms with Crippen LogP contribution in [0.1, 0.15) is 12.5 Å². The highest BCUT2D eigenvalue weighted by molar-refractivity contribution is 6.32. The molecule has 1 atom stereocenters. The molecule has 0 saturated carbocycles. The number of hydrogen-bond donors (Lipinski definition) is 1. The third kappa shape index (κ3) is 2.76. The van der Waals surface area contributed by atoms with Crippen LogP contribution < -0.4 is 4.74 Å². The van der Waals surface area contributed by atoms with Gasteiger partial charge < -0.3 is 9.84 Å². The Labute approximate surface area is 88.8 Å². The lowest BCUT2D eigenvalue weighted by atomic mass is 10.2. The second kappa shape index (κ2) is 5.03. The first kappa shape index (κ1) is 11.1. The molecule has 0 aliphatic carbocycles. The second-order valence-electron chi connectivity index (χ2n) is 2.98. The van der Waals surface area contributed by atoms with Crippen molar-refractivity contribution in [3.8, 4) is 5.75 Å². The molecule has 0 aliphatic heterocycles. The van der Waals surface area contributed by atoms with Crippen LogP contribution in [0.5, 0.6) is 5.75 Å². The van der Waals surface area contributed by atoms with Gasteiger partial charge in [0, 0.05) is 0 Å². The van der Waals surface area contributed by atoms with Crippen molar-refractivity contribution in [2.45, 2.75) is 19.6 Å². The molecule has 0 fully saturated rings. The highest BCUT2D eigenvalue weighted by Crippen LogP contribution is 2.26. The number of hydrogen-bond acceptors (Lipinski definition) is 2. The maximum atomic E-state index is 8.87. The van der Waals surface area contributed by atoms with Gasteiger partial charge in [-0.1, -0.05) is 30.3 Å². The Morgan fingerprint density at radius 2 is 2.36 bits per heavy atom. The molecule has 1 unspecified atom stereocenters. The van der Waals surface area contributed by atoms with Gasteiger partial charge in [0.05, 0.1) is 11.6 Å². The fraction of sp³-hybridized carbons (Fsp3) is 0.273. The van der Waals surface area contributed by atoms with E-state index in [-0.39, 0.29) is 12.7 Å². The minimum Gasteiger partial charge on any atom is -0.485 e. The van der Waals surface area contributed by atoms with E-state index >= 15 is 0 Å². The van der Waals surface area contributed by atoms with Crippen LogP contribution in [0.2, 0.25) is 5.02 Å². The van der Waals surface area contributed by atoms with E-state index in [9.17, 15) is 0 Å². The van der Waals surface area contributed by atoms with E-state index in [0.717, 1.165) is 5.56 Å². The molecule has 0 aliphatic rings. The van der Waals surface area contributed by atoms with Crippen molar-refractivity contribution in [2.24, 2.45) is 0 Å². The van der Waals surface area contributed by atoms with Crippen LogP contribution in [0, 0.1) is 0 Å². The van der Waals surface area contributed by atoms with Crippen LogP contribution in [0.15, 0.2) is 30.9 Å². The molecule has 0 amide bonds. The van der Waals surface area contributed by atoms with Gasteiger partial charge in [-0.25, -0.2) is 0 Å². The molecular weight excluding hydrogens is 200 g/mol. The van der Waals surface area contributed by atoms with E-state index in [4.69, 9.17) is 21.4 Å². The van der Waals surface area contributed by atoms with E-state index in [1.165, 1.54) is 0 Å². The van der Waals surface area contributed by atoms with Gasteiger partial charge in [-0.3, -0.25) is 0 Å². The SMILES string of the molecule is C=CC(C)Oc1ccc(CO)cc1Cl. The summed E-state index contributed by atoms with van der Waals surface area (Å²) in [5.41, 5.74) is 0.772. The monoisotopic (exact) mass is 212 g/mol. The minimum absolute atomic E-state index is 0.0169. The molecule has 14 heavy (non-hydrogen) atoms. The standard InChI is InChI=1S/C11H13ClO2/c1-3-8(2)14-11-5-4-9(7-13)6-10(11)12/h3-6,8,13H,1,7H2,2H3. The summed E-state index contributed by atoms with van der Waals surface area (Å²) in [5, 5.41) is 9.37. The fourth-order valence-electron chi connectivity index (χ4n) is 0.987. The lowest BCUT2D eigenvalue weighted by molar-refractivity contribution is 0.268. The molecular formula is C11H13ClO2. The van der Waals surface area contributed by atoms with Crippen LogP contribution in [0.4, 0.5) is 0 Å². The fourth-order valence-corrected chi connectivity index (χ4v) is 1.23. The number of halogens is 1. The van der Waals surface area contributed by atoms with Crippen LogP contribution in [-0.4, -0.2) is 11.2 Å². The number of rotatable bonds is 4. The quantitative estimate of drug-likeness (QED) is 0.778. The molecule has 76 valence electrons. The highest BCUT2D eigenvalue weighted by atomic mass is 35.5. The Balaban J connectivity index is 2.83. The molecule has 0 spiro atoms. The first-order valence-corrected chi connectivity index (χ1v) is 4.73. The van der Waals surface area contributed by atoms with Crippen molar-refractivity contribution in [3.63, 3.8) is 0 Å². The zero-order chi connectivity index (χ0) is 10.6. The largest absolute Gasteiger partial charge is 0.485 e. The highest BCUT2D eigenvalue weighted by Gasteiger charge is 2.04. The molecule has 1 aromatic rings. The summed E-state index contributed by atoms with van der Waals surface area (Å²) in [7, 11) is 0. The number of ether oxygens (including phenoxy) is 1. The third-order valence-electron chi connectivity index (χ3n) is 1.82. The summed E-state index contributed by atoms with van der Waals surface area (Å²) in [6, 6.07) is 5.21. The van der Waals surface area contributed by atoms with Gasteiger partial charge in [-0.05, 0) is 24.6 Å². The van der Waals surface area contributed by atoms with Crippen LogP contribution >= 0.6 is 11.6 Å². The summed E-state index contributed by atoms with van der Waals surface area (Å²) < 4.78 is 5.46. The predicted molar refractivity (Wildman–Crippen MR) is 57.7 cm³/mol. The van der Waals surface area contributed by atoms with E-state index < -0.39 is 0 Å². The molecule has 0 aromatic heterocycles. The molecule has 0 bridgehead atoms. The normalized spacial score (nSPS) is 12.2. The van der Waals surface area contributed by atoms with Crippen LogP contribution in [-0.2, 0) is 6.61 Å². The lowest BCUT2D eigenvalue weighted by Gasteiger charge is -2.12. The summed E-state index contributed by atoms with van der Waals surface area (Å²) in [4.78, 5) is 0. The van der Waals surface area contributed by atoms with Gasteiger partial charge in [0.2, 0.25) is 0 Å². The molecule has 0 radical (unpaired) electrons. The maximum Gasteiger partial charge on any atom is 0.138 e. The van der Waals surface area contributed by atoms with Gasteiger partial charge in [0.15, 0.2) is 0 Å². The Bertz CT molecular complexity index is 323. The van der Waals surface area contributed by atoms with Crippen LogP contribution in [0.25, 0.3) is 0 Å². The molecule has 2 nitrogen and oxygen atoms in total. The van der Waals surface area contributed by atoms with Crippen molar-refractivity contribution >= 4 is 11.6 Å². The van der Waals surface area contributed by atoms with Crippen molar-refractivity contribution in [2.75, 3.05) is 0 Å². The van der Waals surface area contributed by atoms with Gasteiger partial charge in [0.1, 0.15) is 11.9 Å². The third-order valence-corrected chi connectivity index (χ3v) is 2.12. The average Bonchev–Trinajstić information content (AvgIpc) is 2.20. The summed E-state index contributed by atoms with van der Waals surface area (Å²) in [5.74, 6) is 0.608. The molecule has 0 saturated heterocycles. The van der Waals surface area contributed by atoms with Gasteiger partial charge in [0.25, 0.3) is 0 Å². The van der Waals surface area contributed by atoms with Crippen molar-refractivity contribution in [1.29, 1.82) is 0 Å². The van der Waals surface area contributed by atoms with Gasteiger partial charge in [-0.2, -0.15) is 0 Å². The van der Waals surface area contributed by atoms with Crippen molar-refractivity contribution in [1.82, 2.24) is 0 Å². The van der Waals surface area contributed by atoms with Crippen LogP contribution in [0.3, 0.4) is 0 Å². The van der Waals surface area contributed by atoms with E-state index in [1.54, 1.807) is 24.3 Å². The lowest BCUT2D eigenvalue weighted by Crippen LogP contribution is -2.07. The first-order valence-electron chi connectivity index (χ1n) is 4.36. The zero-order valence-corrected chi connectivity index (χ0v) is 8.79. The van der Waals surface area contributed by atoms with E-state index in [0.29, 0.717) is 10.8 Å². The number of benzene rings is 1. The summed E-state index contributed by atoms with van der Waals surface area (Å²) >= 11 is 5.94. The topological polar surface area (TPSA) is 29.5 Å². The summed E-state index contributed by atoms with van der Waals surface area (Å²) in [6.45, 7) is 5.47. The van der Waals surface area contributed by atoms with Crippen molar-refractivity contribution < 1.29 is 9.84 Å². The van der Waals surface area contributed by atoms with Gasteiger partial charge >= 0.3 is 0 Å². The number of aliphatic hydroxyl groups excluding tert-OH is 1. The molecule has 3 heteroatoms. The molecule has 1 rings (SSSR count). The van der Waals surface area contributed by atoms with E-state index in [1.807, 2.05) is 6.92 Å². The first-order chi connectivity index (χ1) is 6.67. The Kier molecular flexibility index (Phi) is 3.98. The molecule has 1 aromatic carbocycles. The Morgan fingerprint density at radius 3 is 2.86 bits per heavy atom. The van der Waals surface area contributed by atoms with E-state index in [2.05, 4.69) is 6.58 Å². The predicted octanol–water partition coefficient (Wildman–Crippen LogP) is 2.79. The Hall–Kier alpha value is -0.990. The minimum atomic E-state index is -0.0764. The second-order valence-corrected chi connectivity index (χ2v) is 3.39. The average molecular weight is 213 g/mol. The molecule has 1 N–H and O–H groups in total. The maximum absolute atomic E-state index is 8.87.